The molecule has 2 amide bonds. The third kappa shape index (κ3) is 7.76. The molecule has 230 valence electrons. The molecule has 1 aliphatic carbocycles. The number of ether oxygens (including phenoxy) is 1. The highest BCUT2D eigenvalue weighted by molar-refractivity contribution is 7.92. The maximum Gasteiger partial charge on any atom is 0.264 e. The van der Waals surface area contributed by atoms with Gasteiger partial charge in [0.1, 0.15) is 18.3 Å². The lowest BCUT2D eigenvalue weighted by molar-refractivity contribution is -0.140. The molecule has 0 radical (unpaired) electrons. The SMILES string of the molecule is CCc1ccccc1N(CC(=O)N(Cc1ccc(OC)cc1)C(CC)C(=O)NC1CCCC1)S(=O)(=O)c1ccc(C)cc1. The van der Waals surface area contributed by atoms with Crippen LogP contribution in [0.3, 0.4) is 0 Å². The van der Waals surface area contributed by atoms with Crippen LogP contribution in [0, 0.1) is 6.92 Å². The summed E-state index contributed by atoms with van der Waals surface area (Å²) in [5, 5.41) is 3.15. The topological polar surface area (TPSA) is 96.0 Å². The Morgan fingerprint density at radius 2 is 1.60 bits per heavy atom. The minimum absolute atomic E-state index is 0.0920. The third-order valence-corrected chi connectivity index (χ3v) is 9.90. The van der Waals surface area contributed by atoms with Gasteiger partial charge in [0.05, 0.1) is 17.7 Å². The molecule has 3 aromatic rings. The summed E-state index contributed by atoms with van der Waals surface area (Å²) in [6.45, 7) is 5.42. The summed E-state index contributed by atoms with van der Waals surface area (Å²) in [6.07, 6.45) is 4.95. The second kappa shape index (κ2) is 14.6. The molecule has 1 atom stereocenters. The van der Waals surface area contributed by atoms with E-state index in [0.29, 0.717) is 24.3 Å². The van der Waals surface area contributed by atoms with Crippen molar-refractivity contribution in [3.05, 3.63) is 89.5 Å². The van der Waals surface area contributed by atoms with Crippen molar-refractivity contribution in [2.45, 2.75) is 82.8 Å². The molecule has 0 saturated heterocycles. The molecule has 0 spiro atoms. The Morgan fingerprint density at radius 1 is 0.953 bits per heavy atom. The van der Waals surface area contributed by atoms with Crippen LogP contribution < -0.4 is 14.4 Å². The normalized spacial score (nSPS) is 14.2. The Hall–Kier alpha value is -3.85. The predicted molar refractivity (Wildman–Crippen MR) is 170 cm³/mol. The van der Waals surface area contributed by atoms with Gasteiger partial charge in [-0.25, -0.2) is 8.42 Å². The molecule has 8 nitrogen and oxygen atoms in total. The number of nitrogens with one attached hydrogen (secondary N) is 1. The molecule has 4 rings (SSSR count). The molecule has 9 heteroatoms. The maximum atomic E-state index is 14.3. The van der Waals surface area contributed by atoms with Crippen LogP contribution in [0.4, 0.5) is 5.69 Å². The predicted octanol–water partition coefficient (Wildman–Crippen LogP) is 5.63. The lowest BCUT2D eigenvalue weighted by Gasteiger charge is -2.34. The van der Waals surface area contributed by atoms with E-state index in [-0.39, 0.29) is 23.4 Å². The second-order valence-corrected chi connectivity index (χ2v) is 13.0. The fourth-order valence-electron chi connectivity index (χ4n) is 5.62. The number of methoxy groups -OCH3 is 1. The van der Waals surface area contributed by atoms with E-state index in [4.69, 9.17) is 4.74 Å². The van der Waals surface area contributed by atoms with Crippen LogP contribution >= 0.6 is 0 Å². The standard InChI is InChI=1S/C34H43N3O5S/c1-5-27-11-7-10-14-32(27)37(43(40,41)30-21-15-25(3)16-22-30)24-33(38)36(23-26-17-19-29(42-4)20-18-26)31(6-2)34(39)35-28-12-8-9-13-28/h7,10-11,14-22,28,31H,5-6,8-9,12-13,23-24H2,1-4H3,(H,35,39). The molecule has 3 aromatic carbocycles. The molecular formula is C34H43N3O5S. The first-order valence-electron chi connectivity index (χ1n) is 15.1. The maximum absolute atomic E-state index is 14.3. The fourth-order valence-corrected chi connectivity index (χ4v) is 7.07. The van der Waals surface area contributed by atoms with E-state index in [9.17, 15) is 18.0 Å². The van der Waals surface area contributed by atoms with Gasteiger partial charge in [-0.05, 0) is 74.1 Å². The van der Waals surface area contributed by atoms with Gasteiger partial charge < -0.3 is 15.0 Å². The van der Waals surface area contributed by atoms with Gasteiger partial charge in [0.2, 0.25) is 11.8 Å². The van der Waals surface area contributed by atoms with E-state index in [1.54, 1.807) is 43.5 Å². The van der Waals surface area contributed by atoms with E-state index < -0.39 is 28.5 Å². The molecule has 43 heavy (non-hydrogen) atoms. The number of nitrogens with zero attached hydrogens (tertiary/aromatic N) is 2. The fraction of sp³-hybridized carbons (Fsp3) is 0.412. The Labute approximate surface area is 256 Å². The van der Waals surface area contributed by atoms with Crippen LogP contribution in [-0.4, -0.2) is 50.9 Å². The molecule has 0 bridgehead atoms. The highest BCUT2D eigenvalue weighted by atomic mass is 32.2. The number of hydrogen-bond acceptors (Lipinski definition) is 5. The first kappa shape index (κ1) is 32.1. The summed E-state index contributed by atoms with van der Waals surface area (Å²) in [5.41, 5.74) is 2.99. The number of amides is 2. The summed E-state index contributed by atoms with van der Waals surface area (Å²) in [5.74, 6) is 0.0168. The van der Waals surface area contributed by atoms with Crippen LogP contribution in [0.2, 0.25) is 0 Å². The monoisotopic (exact) mass is 605 g/mol. The van der Waals surface area contributed by atoms with Crippen molar-refractivity contribution in [3.8, 4) is 5.75 Å². The number of hydrogen-bond donors (Lipinski definition) is 1. The molecular weight excluding hydrogens is 562 g/mol. The summed E-state index contributed by atoms with van der Waals surface area (Å²) in [4.78, 5) is 29.6. The summed E-state index contributed by atoms with van der Waals surface area (Å²) in [7, 11) is -2.53. The molecule has 0 heterocycles. The van der Waals surface area contributed by atoms with Gasteiger partial charge >= 0.3 is 0 Å². The Balaban J connectivity index is 1.74. The smallest absolute Gasteiger partial charge is 0.264 e. The molecule has 1 aliphatic rings. The minimum Gasteiger partial charge on any atom is -0.497 e. The average Bonchev–Trinajstić information content (AvgIpc) is 3.53. The molecule has 0 aromatic heterocycles. The number of para-hydroxylation sites is 1. The van der Waals surface area contributed by atoms with Gasteiger partial charge in [0.25, 0.3) is 10.0 Å². The largest absolute Gasteiger partial charge is 0.497 e. The molecule has 1 fully saturated rings. The van der Waals surface area contributed by atoms with Crippen LogP contribution in [0.1, 0.15) is 62.6 Å². The molecule has 1 N–H and O–H groups in total. The number of rotatable bonds is 13. The van der Waals surface area contributed by atoms with Crippen molar-refractivity contribution in [2.75, 3.05) is 18.0 Å². The Morgan fingerprint density at radius 3 is 2.21 bits per heavy atom. The first-order chi connectivity index (χ1) is 20.7. The number of anilines is 1. The van der Waals surface area contributed by atoms with Crippen molar-refractivity contribution in [3.63, 3.8) is 0 Å². The van der Waals surface area contributed by atoms with Crippen molar-refractivity contribution in [1.82, 2.24) is 10.2 Å². The van der Waals surface area contributed by atoms with Gasteiger partial charge in [-0.1, -0.05) is 74.7 Å². The van der Waals surface area contributed by atoms with Crippen LogP contribution in [-0.2, 0) is 32.6 Å². The zero-order chi connectivity index (χ0) is 31.0. The Bertz CT molecular complexity index is 1480. The van der Waals surface area contributed by atoms with Crippen molar-refractivity contribution in [1.29, 1.82) is 0 Å². The quantitative estimate of drug-likeness (QED) is 0.273. The Kier molecular flexibility index (Phi) is 10.9. The van der Waals surface area contributed by atoms with Crippen molar-refractivity contribution >= 4 is 27.5 Å². The highest BCUT2D eigenvalue weighted by Gasteiger charge is 2.35. The number of benzene rings is 3. The summed E-state index contributed by atoms with van der Waals surface area (Å²) < 4.78 is 34.8. The first-order valence-corrected chi connectivity index (χ1v) is 16.5. The third-order valence-electron chi connectivity index (χ3n) is 8.13. The van der Waals surface area contributed by atoms with Gasteiger partial charge in [0, 0.05) is 12.6 Å². The number of carbonyl (C=O) groups is 2. The van der Waals surface area contributed by atoms with Gasteiger partial charge in [-0.2, -0.15) is 0 Å². The lowest BCUT2D eigenvalue weighted by atomic mass is 10.1. The highest BCUT2D eigenvalue weighted by Crippen LogP contribution is 2.29. The van der Waals surface area contributed by atoms with Crippen LogP contribution in [0.15, 0.2) is 77.7 Å². The molecule has 0 aliphatic heterocycles. The van der Waals surface area contributed by atoms with Crippen LogP contribution in [0.5, 0.6) is 5.75 Å². The van der Waals surface area contributed by atoms with E-state index >= 15 is 0 Å². The zero-order valence-electron chi connectivity index (χ0n) is 25.6. The van der Waals surface area contributed by atoms with Gasteiger partial charge in [-0.15, -0.1) is 0 Å². The summed E-state index contributed by atoms with van der Waals surface area (Å²) in [6, 6.07) is 20.5. The molecule has 1 saturated carbocycles. The van der Waals surface area contributed by atoms with Gasteiger partial charge in [0.15, 0.2) is 0 Å². The number of sulfonamides is 1. The zero-order valence-corrected chi connectivity index (χ0v) is 26.4. The van der Waals surface area contributed by atoms with Gasteiger partial charge in [-0.3, -0.25) is 13.9 Å². The van der Waals surface area contributed by atoms with Crippen molar-refractivity contribution < 1.29 is 22.7 Å². The number of aryl methyl sites for hydroxylation is 2. The van der Waals surface area contributed by atoms with E-state index in [0.717, 1.165) is 42.4 Å². The van der Waals surface area contributed by atoms with Crippen LogP contribution in [0.25, 0.3) is 0 Å². The average molecular weight is 606 g/mol. The molecule has 1 unspecified atom stereocenters. The summed E-state index contributed by atoms with van der Waals surface area (Å²) >= 11 is 0. The van der Waals surface area contributed by atoms with E-state index in [1.165, 1.54) is 9.21 Å². The van der Waals surface area contributed by atoms with E-state index in [1.807, 2.05) is 57.2 Å². The lowest BCUT2D eigenvalue weighted by Crippen LogP contribution is -2.53. The van der Waals surface area contributed by atoms with Crippen molar-refractivity contribution in [2.24, 2.45) is 0 Å². The minimum atomic E-state index is -4.12. The second-order valence-electron chi connectivity index (χ2n) is 11.1. The van der Waals surface area contributed by atoms with E-state index in [2.05, 4.69) is 5.32 Å². The number of carbonyl (C=O) groups excluding carboxylic acids is 2.